The van der Waals surface area contributed by atoms with Gasteiger partial charge in [-0.25, -0.2) is 0 Å². The molecule has 0 saturated carbocycles. The Kier molecular flexibility index (Phi) is 4.47. The largest absolute Gasteiger partial charge is 0.341 e. The summed E-state index contributed by atoms with van der Waals surface area (Å²) >= 11 is 0. The average molecular weight is 226 g/mol. The Morgan fingerprint density at radius 2 is 1.88 bits per heavy atom. The van der Waals surface area contributed by atoms with E-state index in [0.29, 0.717) is 24.8 Å². The molecule has 1 aliphatic heterocycles. The predicted molar refractivity (Wildman–Crippen MR) is 63.1 cm³/mol. The van der Waals surface area contributed by atoms with Gasteiger partial charge in [0.25, 0.3) is 0 Å². The molecule has 16 heavy (non-hydrogen) atoms. The van der Waals surface area contributed by atoms with Crippen LogP contribution in [0.1, 0.15) is 26.7 Å². The molecule has 1 rings (SSSR count). The van der Waals surface area contributed by atoms with Gasteiger partial charge in [0.05, 0.1) is 0 Å². The lowest BCUT2D eigenvalue weighted by molar-refractivity contribution is -0.132. The molecule has 4 heteroatoms. The van der Waals surface area contributed by atoms with E-state index in [0.717, 1.165) is 13.1 Å². The molecule has 0 radical (unpaired) electrons. The molecule has 1 saturated heterocycles. The molecule has 2 atom stereocenters. The summed E-state index contributed by atoms with van der Waals surface area (Å²) in [6.45, 7) is 5.32. The second-order valence-electron chi connectivity index (χ2n) is 5.01. The van der Waals surface area contributed by atoms with E-state index in [4.69, 9.17) is 0 Å². The summed E-state index contributed by atoms with van der Waals surface area (Å²) in [4.78, 5) is 26.7. The van der Waals surface area contributed by atoms with Crippen molar-refractivity contribution in [1.29, 1.82) is 0 Å². The molecule has 0 aromatic carbocycles. The summed E-state index contributed by atoms with van der Waals surface area (Å²) in [5.41, 5.74) is 0. The summed E-state index contributed by atoms with van der Waals surface area (Å²) in [7, 11) is 4.09. The number of Topliss-reactive ketones (excluding diaryl/α,β-unsaturated/α-hetero) is 1. The fourth-order valence-electron chi connectivity index (χ4n) is 2.27. The van der Waals surface area contributed by atoms with Gasteiger partial charge in [-0.05, 0) is 26.9 Å². The minimum Gasteiger partial charge on any atom is -0.341 e. The van der Waals surface area contributed by atoms with Crippen molar-refractivity contribution in [3.8, 4) is 0 Å². The van der Waals surface area contributed by atoms with Gasteiger partial charge < -0.3 is 14.6 Å². The number of likely N-dealkylation sites (N-methyl/N-ethyl adjacent to an activating group) is 1. The second-order valence-corrected chi connectivity index (χ2v) is 5.01. The van der Waals surface area contributed by atoms with Crippen LogP contribution in [0.5, 0.6) is 0 Å². The van der Waals surface area contributed by atoms with Crippen molar-refractivity contribution in [2.24, 2.45) is 5.92 Å². The van der Waals surface area contributed by atoms with Gasteiger partial charge in [0.15, 0.2) is 0 Å². The number of amides is 1. The lowest BCUT2D eigenvalue weighted by Gasteiger charge is -2.22. The van der Waals surface area contributed by atoms with Gasteiger partial charge in [-0.3, -0.25) is 4.79 Å². The zero-order valence-corrected chi connectivity index (χ0v) is 10.7. The summed E-state index contributed by atoms with van der Waals surface area (Å²) in [6, 6.07) is 0.446. The number of nitrogens with zero attached hydrogens (tertiary/aromatic N) is 2. The lowest BCUT2D eigenvalue weighted by atomic mass is 10.1. The third kappa shape index (κ3) is 3.30. The molecule has 0 aliphatic carbocycles. The summed E-state index contributed by atoms with van der Waals surface area (Å²) < 4.78 is 0. The molecule has 0 N–H and O–H groups in total. The van der Waals surface area contributed by atoms with Crippen molar-refractivity contribution in [2.45, 2.75) is 32.7 Å². The Morgan fingerprint density at radius 3 is 2.31 bits per heavy atom. The van der Waals surface area contributed by atoms with E-state index in [1.807, 2.05) is 19.0 Å². The summed E-state index contributed by atoms with van der Waals surface area (Å²) in [5, 5.41) is 0. The molecule has 2 unspecified atom stereocenters. The first kappa shape index (κ1) is 13.2. The van der Waals surface area contributed by atoms with Crippen LogP contribution in [0.25, 0.3) is 0 Å². The lowest BCUT2D eigenvalue weighted by Crippen LogP contribution is -2.35. The molecule has 0 aromatic rings. The minimum absolute atomic E-state index is 0.0877. The summed E-state index contributed by atoms with van der Waals surface area (Å²) in [6.07, 6.45) is 0.735. The maximum atomic E-state index is 11.8. The van der Waals surface area contributed by atoms with Crippen molar-refractivity contribution in [3.63, 3.8) is 0 Å². The Morgan fingerprint density at radius 1 is 1.25 bits per heavy atom. The number of carbonyl (C=O) groups excluding carboxylic acids is 2. The van der Waals surface area contributed by atoms with Crippen LogP contribution in [0.15, 0.2) is 0 Å². The molecule has 1 amide bonds. The van der Waals surface area contributed by atoms with Crippen LogP contribution in [-0.4, -0.2) is 54.7 Å². The number of hydrogen-bond acceptors (Lipinski definition) is 3. The standard InChI is InChI=1S/C12H22N2O2/c1-9-7-14(8-11(9)13(3)4)12(16)6-5-10(2)15/h9,11H,5-8H2,1-4H3. The van der Waals surface area contributed by atoms with Crippen LogP contribution < -0.4 is 0 Å². The van der Waals surface area contributed by atoms with Gasteiger partial charge in [0, 0.05) is 32.0 Å². The molecule has 1 aliphatic rings. The number of ketones is 1. The maximum Gasteiger partial charge on any atom is 0.223 e. The number of rotatable bonds is 4. The van der Waals surface area contributed by atoms with Crippen LogP contribution in [0.3, 0.4) is 0 Å². The highest BCUT2D eigenvalue weighted by Crippen LogP contribution is 2.20. The normalized spacial score (nSPS) is 25.2. The number of hydrogen-bond donors (Lipinski definition) is 0. The van der Waals surface area contributed by atoms with E-state index in [1.165, 1.54) is 6.92 Å². The Hall–Kier alpha value is -0.900. The van der Waals surface area contributed by atoms with Gasteiger partial charge in [0.1, 0.15) is 5.78 Å². The van der Waals surface area contributed by atoms with Crippen molar-refractivity contribution in [1.82, 2.24) is 9.80 Å². The highest BCUT2D eigenvalue weighted by molar-refractivity contribution is 5.83. The molecule has 1 heterocycles. The van der Waals surface area contributed by atoms with Crippen molar-refractivity contribution < 1.29 is 9.59 Å². The fraction of sp³-hybridized carbons (Fsp3) is 0.833. The molecule has 0 bridgehead atoms. The third-order valence-corrected chi connectivity index (χ3v) is 3.28. The van der Waals surface area contributed by atoms with Crippen molar-refractivity contribution >= 4 is 11.7 Å². The fourth-order valence-corrected chi connectivity index (χ4v) is 2.27. The monoisotopic (exact) mass is 226 g/mol. The van der Waals surface area contributed by atoms with Crippen molar-refractivity contribution in [3.05, 3.63) is 0 Å². The minimum atomic E-state index is 0.0877. The van der Waals surface area contributed by atoms with E-state index < -0.39 is 0 Å². The van der Waals surface area contributed by atoms with E-state index in [-0.39, 0.29) is 11.7 Å². The smallest absolute Gasteiger partial charge is 0.223 e. The van der Waals surface area contributed by atoms with E-state index in [2.05, 4.69) is 11.8 Å². The van der Waals surface area contributed by atoms with Crippen LogP contribution in [0.4, 0.5) is 0 Å². The van der Waals surface area contributed by atoms with Crippen LogP contribution in [-0.2, 0) is 9.59 Å². The van der Waals surface area contributed by atoms with Gasteiger partial charge in [-0.1, -0.05) is 6.92 Å². The topological polar surface area (TPSA) is 40.6 Å². The third-order valence-electron chi connectivity index (χ3n) is 3.28. The predicted octanol–water partition coefficient (Wildman–Crippen LogP) is 0.764. The van der Waals surface area contributed by atoms with Gasteiger partial charge >= 0.3 is 0 Å². The molecule has 92 valence electrons. The molecule has 0 aromatic heterocycles. The number of likely N-dealkylation sites (tertiary alicyclic amines) is 1. The van der Waals surface area contributed by atoms with Gasteiger partial charge in [-0.2, -0.15) is 0 Å². The van der Waals surface area contributed by atoms with E-state index >= 15 is 0 Å². The van der Waals surface area contributed by atoms with Crippen LogP contribution in [0.2, 0.25) is 0 Å². The summed E-state index contributed by atoms with van der Waals surface area (Å²) in [5.74, 6) is 0.715. The van der Waals surface area contributed by atoms with E-state index in [9.17, 15) is 9.59 Å². The highest BCUT2D eigenvalue weighted by atomic mass is 16.2. The molecular formula is C12H22N2O2. The molecule has 1 fully saturated rings. The zero-order valence-electron chi connectivity index (χ0n) is 10.7. The first-order valence-corrected chi connectivity index (χ1v) is 5.85. The maximum absolute atomic E-state index is 11.8. The average Bonchev–Trinajstić information content (AvgIpc) is 2.56. The Balaban J connectivity index is 2.45. The first-order valence-electron chi connectivity index (χ1n) is 5.85. The number of carbonyl (C=O) groups is 2. The molecule has 4 nitrogen and oxygen atoms in total. The van der Waals surface area contributed by atoms with Gasteiger partial charge in [-0.15, -0.1) is 0 Å². The van der Waals surface area contributed by atoms with Crippen molar-refractivity contribution in [2.75, 3.05) is 27.2 Å². The van der Waals surface area contributed by atoms with Crippen LogP contribution in [0, 0.1) is 5.92 Å². The molecule has 0 spiro atoms. The second kappa shape index (κ2) is 5.43. The highest BCUT2D eigenvalue weighted by Gasteiger charge is 2.33. The zero-order chi connectivity index (χ0) is 12.3. The SMILES string of the molecule is CC(=O)CCC(=O)N1CC(C)C(N(C)C)C1. The first-order chi connectivity index (χ1) is 7.41. The Bertz CT molecular complexity index is 276. The van der Waals surface area contributed by atoms with Gasteiger partial charge in [0.2, 0.25) is 5.91 Å². The Labute approximate surface area is 97.6 Å². The molecular weight excluding hydrogens is 204 g/mol. The quantitative estimate of drug-likeness (QED) is 0.710. The van der Waals surface area contributed by atoms with E-state index in [1.54, 1.807) is 0 Å². The van der Waals surface area contributed by atoms with Crippen LogP contribution >= 0.6 is 0 Å².